The second-order valence-electron chi connectivity index (χ2n) is 5.40. The smallest absolute Gasteiger partial charge is 0.322 e. The minimum atomic E-state index is -0.138. The molecule has 0 saturated carbocycles. The predicted octanol–water partition coefficient (Wildman–Crippen LogP) is 2.92. The molecule has 22 heavy (non-hydrogen) atoms. The normalized spacial score (nSPS) is 18.8. The third-order valence-corrected chi connectivity index (χ3v) is 3.79. The third-order valence-electron chi connectivity index (χ3n) is 3.79. The zero-order valence-electron chi connectivity index (χ0n) is 12.5. The topological polar surface area (TPSA) is 84.2 Å². The van der Waals surface area contributed by atoms with Gasteiger partial charge in [-0.2, -0.15) is 4.98 Å². The van der Waals surface area contributed by atoms with Gasteiger partial charge in [0.1, 0.15) is 0 Å². The number of amides is 2. The van der Waals surface area contributed by atoms with Crippen LogP contribution < -0.4 is 5.32 Å². The Bertz CT molecular complexity index is 628. The number of carbonyl (C=O) groups excluding carboxylic acids is 1. The number of urea groups is 1. The number of nitrogens with zero attached hydrogens (tertiary/aromatic N) is 4. The average Bonchev–Trinajstić information content (AvgIpc) is 2.81. The Morgan fingerprint density at radius 2 is 2.14 bits per heavy atom. The van der Waals surface area contributed by atoms with Crippen LogP contribution in [0.3, 0.4) is 0 Å². The molecule has 0 spiro atoms. The molecule has 1 atom stereocenters. The number of likely N-dealkylation sites (tertiary alicyclic amines) is 1. The van der Waals surface area contributed by atoms with Crippen LogP contribution in [0.15, 0.2) is 29.0 Å². The Kier molecular flexibility index (Phi) is 4.32. The first kappa shape index (κ1) is 14.5. The lowest BCUT2D eigenvalue weighted by Gasteiger charge is -2.27. The molecule has 2 aromatic heterocycles. The van der Waals surface area contributed by atoms with Gasteiger partial charge in [0.25, 0.3) is 0 Å². The molecule has 0 aromatic carbocycles. The Balaban J connectivity index is 1.79. The summed E-state index contributed by atoms with van der Waals surface area (Å²) in [6, 6.07) is 3.26. The first-order valence-electron chi connectivity index (χ1n) is 7.52. The van der Waals surface area contributed by atoms with E-state index < -0.39 is 0 Å². The molecule has 2 amide bonds. The lowest BCUT2D eigenvalue weighted by Crippen LogP contribution is -2.38. The van der Waals surface area contributed by atoms with Gasteiger partial charge >= 0.3 is 6.03 Å². The molecule has 7 nitrogen and oxygen atoms in total. The van der Waals surface area contributed by atoms with Crippen molar-refractivity contribution in [3.05, 3.63) is 36.2 Å². The van der Waals surface area contributed by atoms with Gasteiger partial charge in [-0.1, -0.05) is 18.0 Å². The fraction of sp³-hybridized carbons (Fsp3) is 0.467. The molecule has 3 heterocycles. The Hall–Kier alpha value is -2.44. The van der Waals surface area contributed by atoms with Gasteiger partial charge in [-0.3, -0.25) is 4.98 Å². The Morgan fingerprint density at radius 3 is 2.86 bits per heavy atom. The highest BCUT2D eigenvalue weighted by atomic mass is 16.5. The van der Waals surface area contributed by atoms with Crippen LogP contribution in [-0.4, -0.2) is 32.6 Å². The number of aryl methyl sites for hydroxylation is 1. The molecular formula is C15H19N5O2. The summed E-state index contributed by atoms with van der Waals surface area (Å²) in [7, 11) is 0. The molecule has 2 aromatic rings. The molecule has 1 saturated heterocycles. The Labute approximate surface area is 128 Å². The molecule has 1 aliphatic rings. The molecule has 1 N–H and O–H groups in total. The van der Waals surface area contributed by atoms with Crippen LogP contribution in [0.5, 0.6) is 0 Å². The van der Waals surface area contributed by atoms with Crippen LogP contribution in [-0.2, 0) is 0 Å². The first-order valence-corrected chi connectivity index (χ1v) is 7.52. The molecule has 1 aliphatic heterocycles. The van der Waals surface area contributed by atoms with Crippen molar-refractivity contribution in [3.8, 4) is 0 Å². The van der Waals surface area contributed by atoms with Gasteiger partial charge in [0.2, 0.25) is 5.89 Å². The minimum Gasteiger partial charge on any atom is -0.340 e. The van der Waals surface area contributed by atoms with E-state index in [4.69, 9.17) is 4.52 Å². The zero-order chi connectivity index (χ0) is 15.4. The lowest BCUT2D eigenvalue weighted by atomic mass is 10.1. The molecule has 1 fully saturated rings. The lowest BCUT2D eigenvalue weighted by molar-refractivity contribution is 0.184. The molecule has 3 rings (SSSR count). The van der Waals surface area contributed by atoms with E-state index in [1.54, 1.807) is 36.4 Å². The summed E-state index contributed by atoms with van der Waals surface area (Å²) in [6.45, 7) is 2.45. The van der Waals surface area contributed by atoms with Crippen LogP contribution in [0.1, 0.15) is 43.4 Å². The molecule has 1 unspecified atom stereocenters. The number of carbonyl (C=O) groups is 1. The highest BCUT2D eigenvalue weighted by molar-refractivity contribution is 5.89. The number of aromatic nitrogens is 3. The third kappa shape index (κ3) is 3.24. The number of nitrogens with one attached hydrogen (secondary N) is 1. The second kappa shape index (κ2) is 6.55. The van der Waals surface area contributed by atoms with E-state index in [9.17, 15) is 4.79 Å². The summed E-state index contributed by atoms with van der Waals surface area (Å²) < 4.78 is 5.08. The number of hydrogen-bond acceptors (Lipinski definition) is 5. The van der Waals surface area contributed by atoms with E-state index in [2.05, 4.69) is 20.4 Å². The van der Waals surface area contributed by atoms with Crippen LogP contribution in [0.4, 0.5) is 10.5 Å². The van der Waals surface area contributed by atoms with Crippen LogP contribution in [0.2, 0.25) is 0 Å². The number of hydrogen-bond donors (Lipinski definition) is 1. The van der Waals surface area contributed by atoms with Crippen LogP contribution in [0, 0.1) is 6.92 Å². The van der Waals surface area contributed by atoms with E-state index in [1.165, 1.54) is 0 Å². The molecule has 0 radical (unpaired) electrons. The minimum absolute atomic E-state index is 0.137. The van der Waals surface area contributed by atoms with Gasteiger partial charge in [0, 0.05) is 31.5 Å². The summed E-state index contributed by atoms with van der Waals surface area (Å²) in [6.07, 6.45) is 7.29. The summed E-state index contributed by atoms with van der Waals surface area (Å²) in [5.41, 5.74) is 0.729. The van der Waals surface area contributed by atoms with Gasteiger partial charge in [0.05, 0.1) is 6.04 Å². The van der Waals surface area contributed by atoms with E-state index in [0.717, 1.165) is 31.4 Å². The molecule has 7 heteroatoms. The SMILES string of the molecule is Cc1nc(C2CCCCCN2C(=O)Nc2ccncc2)no1. The van der Waals surface area contributed by atoms with E-state index in [1.807, 2.05) is 0 Å². The number of anilines is 1. The molecular weight excluding hydrogens is 282 g/mol. The van der Waals surface area contributed by atoms with Crippen molar-refractivity contribution in [2.24, 2.45) is 0 Å². The van der Waals surface area contributed by atoms with E-state index in [-0.39, 0.29) is 12.1 Å². The highest BCUT2D eigenvalue weighted by Crippen LogP contribution is 2.29. The van der Waals surface area contributed by atoms with E-state index >= 15 is 0 Å². The zero-order valence-corrected chi connectivity index (χ0v) is 12.5. The summed E-state index contributed by atoms with van der Waals surface area (Å²) in [5, 5.41) is 6.91. The standard InChI is InChI=1S/C15H19N5O2/c1-11-17-14(19-22-11)13-5-3-2-4-10-20(13)15(21)18-12-6-8-16-9-7-12/h6-9,13H,2-5,10H2,1H3,(H,16,18,21). The van der Waals surface area contributed by atoms with Crippen LogP contribution >= 0.6 is 0 Å². The fourth-order valence-electron chi connectivity index (χ4n) is 2.70. The first-order chi connectivity index (χ1) is 10.7. The molecule has 0 bridgehead atoms. The van der Waals surface area contributed by atoms with Gasteiger partial charge in [-0.25, -0.2) is 4.79 Å². The summed E-state index contributed by atoms with van der Waals surface area (Å²) in [4.78, 5) is 22.7. The second-order valence-corrected chi connectivity index (χ2v) is 5.40. The predicted molar refractivity (Wildman–Crippen MR) is 80.2 cm³/mol. The van der Waals surface area contributed by atoms with Gasteiger partial charge in [0.15, 0.2) is 5.82 Å². The van der Waals surface area contributed by atoms with Crippen LogP contribution in [0.25, 0.3) is 0 Å². The average molecular weight is 301 g/mol. The van der Waals surface area contributed by atoms with Crippen molar-refractivity contribution >= 4 is 11.7 Å². The van der Waals surface area contributed by atoms with Gasteiger partial charge in [-0.15, -0.1) is 0 Å². The van der Waals surface area contributed by atoms with Gasteiger partial charge in [-0.05, 0) is 25.0 Å². The molecule has 116 valence electrons. The van der Waals surface area contributed by atoms with Crippen molar-refractivity contribution in [3.63, 3.8) is 0 Å². The highest BCUT2D eigenvalue weighted by Gasteiger charge is 2.30. The largest absolute Gasteiger partial charge is 0.340 e. The number of rotatable bonds is 2. The summed E-state index contributed by atoms with van der Waals surface area (Å²) in [5.74, 6) is 1.11. The monoisotopic (exact) mass is 301 g/mol. The van der Waals surface area contributed by atoms with Crippen molar-refractivity contribution in [2.75, 3.05) is 11.9 Å². The van der Waals surface area contributed by atoms with Gasteiger partial charge < -0.3 is 14.7 Å². The van der Waals surface area contributed by atoms with Crippen molar-refractivity contribution in [1.29, 1.82) is 0 Å². The Morgan fingerprint density at radius 1 is 1.32 bits per heavy atom. The van der Waals surface area contributed by atoms with Crippen molar-refractivity contribution < 1.29 is 9.32 Å². The molecule has 0 aliphatic carbocycles. The maximum atomic E-state index is 12.6. The van der Waals surface area contributed by atoms with E-state index in [0.29, 0.717) is 18.3 Å². The maximum Gasteiger partial charge on any atom is 0.322 e. The van der Waals surface area contributed by atoms with Crippen molar-refractivity contribution in [1.82, 2.24) is 20.0 Å². The number of pyridine rings is 1. The quantitative estimate of drug-likeness (QED) is 0.922. The fourth-order valence-corrected chi connectivity index (χ4v) is 2.70. The van der Waals surface area contributed by atoms with Crippen molar-refractivity contribution in [2.45, 2.75) is 38.6 Å². The summed E-state index contributed by atoms with van der Waals surface area (Å²) >= 11 is 0. The maximum absolute atomic E-state index is 12.6.